The zero-order valence-corrected chi connectivity index (χ0v) is 13.0. The van der Waals surface area contributed by atoms with Gasteiger partial charge in [0.25, 0.3) is 0 Å². The molecule has 21 heavy (non-hydrogen) atoms. The summed E-state index contributed by atoms with van der Waals surface area (Å²) < 4.78 is 0. The minimum atomic E-state index is -1.10. The first kappa shape index (κ1) is 16.8. The fraction of sp³-hybridized carbons (Fsp3) is 0.933. The molecule has 5 nitrogen and oxygen atoms in total. The number of nitrogens with two attached hydrogens (primary N) is 1. The number of carboxylic acid groups (broad SMARTS) is 1. The van der Waals surface area contributed by atoms with Crippen LogP contribution in [0, 0.1) is 5.92 Å². The van der Waals surface area contributed by atoms with E-state index in [4.69, 9.17) is 13.6 Å². The third kappa shape index (κ3) is 4.21. The molecular formula is C15H28BN3O2. The molecule has 6 heteroatoms. The lowest BCUT2D eigenvalue weighted by atomic mass is 9.83. The van der Waals surface area contributed by atoms with Crippen LogP contribution in [0.4, 0.5) is 0 Å². The van der Waals surface area contributed by atoms with Gasteiger partial charge in [0.1, 0.15) is 5.54 Å². The molecule has 0 saturated carbocycles. The third-order valence-electron chi connectivity index (χ3n) is 5.03. The van der Waals surface area contributed by atoms with Crippen LogP contribution < -0.4 is 5.73 Å². The molecule has 2 rings (SSSR count). The van der Waals surface area contributed by atoms with E-state index in [0.29, 0.717) is 12.9 Å². The van der Waals surface area contributed by atoms with Crippen molar-refractivity contribution in [3.05, 3.63) is 0 Å². The number of aliphatic carboxylic acids is 1. The maximum absolute atomic E-state index is 11.6. The smallest absolute Gasteiger partial charge is 0.325 e. The molecule has 2 fully saturated rings. The average Bonchev–Trinajstić information content (AvgIpc) is 2.82. The van der Waals surface area contributed by atoms with Crippen LogP contribution in [0.1, 0.15) is 32.1 Å². The second-order valence-electron chi connectivity index (χ2n) is 6.61. The fourth-order valence-corrected chi connectivity index (χ4v) is 3.63. The Kier molecular flexibility index (Phi) is 6.08. The molecule has 0 bridgehead atoms. The Hall–Kier alpha value is -0.585. The van der Waals surface area contributed by atoms with Gasteiger partial charge >= 0.3 is 5.97 Å². The topological polar surface area (TPSA) is 69.8 Å². The molecule has 2 aliphatic rings. The van der Waals surface area contributed by atoms with Gasteiger partial charge in [0, 0.05) is 32.1 Å². The van der Waals surface area contributed by atoms with E-state index in [1.807, 2.05) is 0 Å². The monoisotopic (exact) mass is 293 g/mol. The number of carbonyl (C=O) groups is 1. The number of hydrogen-bond donors (Lipinski definition) is 2. The maximum atomic E-state index is 11.6. The summed E-state index contributed by atoms with van der Waals surface area (Å²) in [4.78, 5) is 16.3. The number of carboxylic acids is 1. The number of hydrogen-bond acceptors (Lipinski definition) is 4. The molecule has 0 spiro atoms. The van der Waals surface area contributed by atoms with Crippen molar-refractivity contribution in [3.63, 3.8) is 0 Å². The van der Waals surface area contributed by atoms with Crippen LogP contribution >= 0.6 is 0 Å². The normalized spacial score (nSPS) is 31.6. The van der Waals surface area contributed by atoms with Crippen molar-refractivity contribution in [2.24, 2.45) is 11.7 Å². The highest BCUT2D eigenvalue weighted by molar-refractivity contribution is 6.08. The van der Waals surface area contributed by atoms with Gasteiger partial charge in [0.2, 0.25) is 0 Å². The van der Waals surface area contributed by atoms with E-state index >= 15 is 0 Å². The molecule has 2 aliphatic heterocycles. The van der Waals surface area contributed by atoms with E-state index < -0.39 is 11.5 Å². The van der Waals surface area contributed by atoms with Crippen molar-refractivity contribution in [2.45, 2.75) is 44.0 Å². The molecule has 118 valence electrons. The summed E-state index contributed by atoms with van der Waals surface area (Å²) in [6, 6.07) is 0. The summed E-state index contributed by atoms with van der Waals surface area (Å²) in [6.45, 7) is 5.56. The van der Waals surface area contributed by atoms with Crippen LogP contribution in [0.25, 0.3) is 0 Å². The van der Waals surface area contributed by atoms with Crippen LogP contribution in [0.5, 0.6) is 0 Å². The van der Waals surface area contributed by atoms with Gasteiger partial charge in [0.15, 0.2) is 0 Å². The van der Waals surface area contributed by atoms with Crippen LogP contribution in [-0.4, -0.2) is 73.5 Å². The van der Waals surface area contributed by atoms with Crippen molar-refractivity contribution in [1.29, 1.82) is 0 Å². The Morgan fingerprint density at radius 1 is 1.24 bits per heavy atom. The lowest BCUT2D eigenvalue weighted by Gasteiger charge is -2.28. The first-order valence-electron chi connectivity index (χ1n) is 8.23. The Labute approximate surface area is 129 Å². The highest BCUT2D eigenvalue weighted by Crippen LogP contribution is 2.30. The van der Waals surface area contributed by atoms with Gasteiger partial charge in [-0.1, -0.05) is 19.2 Å². The van der Waals surface area contributed by atoms with E-state index in [-0.39, 0.29) is 5.92 Å². The first-order chi connectivity index (χ1) is 10.1. The third-order valence-corrected chi connectivity index (χ3v) is 5.03. The van der Waals surface area contributed by atoms with E-state index in [0.717, 1.165) is 32.5 Å². The minimum absolute atomic E-state index is 0.0138. The van der Waals surface area contributed by atoms with Crippen LogP contribution in [0.15, 0.2) is 0 Å². The van der Waals surface area contributed by atoms with Crippen LogP contribution in [0.3, 0.4) is 0 Å². The molecule has 0 aromatic carbocycles. The van der Waals surface area contributed by atoms with E-state index in [1.54, 1.807) is 0 Å². The molecule has 2 heterocycles. The van der Waals surface area contributed by atoms with Gasteiger partial charge in [-0.2, -0.15) is 0 Å². The molecule has 3 N–H and O–H groups in total. The van der Waals surface area contributed by atoms with E-state index in [9.17, 15) is 9.90 Å². The Balaban J connectivity index is 1.85. The SMILES string of the molecule is [B]CCC[C@H]1CN(CCN2CCCCC2)C[C@@]1(N)C(=O)O. The van der Waals surface area contributed by atoms with Crippen LogP contribution in [-0.2, 0) is 4.79 Å². The Morgan fingerprint density at radius 3 is 2.52 bits per heavy atom. The fourth-order valence-electron chi connectivity index (χ4n) is 3.63. The van der Waals surface area contributed by atoms with E-state index in [1.165, 1.54) is 32.4 Å². The van der Waals surface area contributed by atoms with Crippen molar-refractivity contribution in [2.75, 3.05) is 39.3 Å². The number of piperidine rings is 1. The van der Waals surface area contributed by atoms with Gasteiger partial charge in [0.05, 0.1) is 7.85 Å². The van der Waals surface area contributed by atoms with E-state index in [2.05, 4.69) is 9.80 Å². The molecular weight excluding hydrogens is 265 g/mol. The summed E-state index contributed by atoms with van der Waals surface area (Å²) in [5.74, 6) is -0.857. The average molecular weight is 293 g/mol. The lowest BCUT2D eigenvalue weighted by molar-refractivity contribution is -0.144. The van der Waals surface area contributed by atoms with Crippen LogP contribution in [0.2, 0.25) is 6.32 Å². The van der Waals surface area contributed by atoms with Crippen molar-refractivity contribution < 1.29 is 9.90 Å². The zero-order chi connectivity index (χ0) is 15.3. The molecule has 0 unspecified atom stereocenters. The zero-order valence-electron chi connectivity index (χ0n) is 13.0. The quantitative estimate of drug-likeness (QED) is 0.671. The number of rotatable bonds is 7. The van der Waals surface area contributed by atoms with Gasteiger partial charge < -0.3 is 15.7 Å². The second-order valence-corrected chi connectivity index (χ2v) is 6.61. The molecule has 0 aromatic heterocycles. The molecule has 2 radical (unpaired) electrons. The predicted molar refractivity (Wildman–Crippen MR) is 84.6 cm³/mol. The highest BCUT2D eigenvalue weighted by Gasteiger charge is 2.48. The first-order valence-corrected chi connectivity index (χ1v) is 8.23. The largest absolute Gasteiger partial charge is 0.480 e. The molecule has 0 amide bonds. The van der Waals surface area contributed by atoms with Crippen molar-refractivity contribution in [3.8, 4) is 0 Å². The van der Waals surface area contributed by atoms with Gasteiger partial charge in [-0.3, -0.25) is 9.69 Å². The van der Waals surface area contributed by atoms with Gasteiger partial charge in [-0.05, 0) is 32.4 Å². The standard InChI is InChI=1S/C15H28BN3O2/c16-6-4-5-13-11-19(12-15(13,17)14(20)21)10-9-18-7-2-1-3-8-18/h13H,1-12,17H2,(H,20,21)/t13-,15-/m0/s1. The highest BCUT2D eigenvalue weighted by atomic mass is 16.4. The van der Waals surface area contributed by atoms with Gasteiger partial charge in [-0.25, -0.2) is 0 Å². The Bertz CT molecular complexity index is 350. The molecule has 0 aliphatic carbocycles. The maximum Gasteiger partial charge on any atom is 0.325 e. The van der Waals surface area contributed by atoms with Crippen molar-refractivity contribution >= 4 is 13.8 Å². The predicted octanol–water partition coefficient (Wildman–Crippen LogP) is 0.553. The molecule has 2 atom stereocenters. The second kappa shape index (κ2) is 7.61. The number of likely N-dealkylation sites (tertiary alicyclic amines) is 2. The molecule has 2 saturated heterocycles. The Morgan fingerprint density at radius 2 is 1.90 bits per heavy atom. The van der Waals surface area contributed by atoms with Gasteiger partial charge in [-0.15, -0.1) is 0 Å². The summed E-state index contributed by atoms with van der Waals surface area (Å²) in [5.41, 5.74) is 5.09. The lowest BCUT2D eigenvalue weighted by Crippen LogP contribution is -2.55. The number of nitrogens with zero attached hydrogens (tertiary/aromatic N) is 2. The minimum Gasteiger partial charge on any atom is -0.480 e. The summed E-state index contributed by atoms with van der Waals surface area (Å²) in [5, 5.41) is 9.48. The van der Waals surface area contributed by atoms with Crippen molar-refractivity contribution in [1.82, 2.24) is 9.80 Å². The summed E-state index contributed by atoms with van der Waals surface area (Å²) >= 11 is 0. The summed E-state index contributed by atoms with van der Waals surface area (Å²) in [7, 11) is 5.55. The summed E-state index contributed by atoms with van der Waals surface area (Å²) in [6.07, 6.45) is 6.16. The molecule has 0 aromatic rings.